The molecule has 0 saturated heterocycles. The second kappa shape index (κ2) is 7.19. The molecule has 17 heavy (non-hydrogen) atoms. The van der Waals surface area contributed by atoms with E-state index < -0.39 is 0 Å². The van der Waals surface area contributed by atoms with E-state index in [0.29, 0.717) is 13.2 Å². The topological polar surface area (TPSA) is 64.3 Å². The molecule has 1 amide bonds. The summed E-state index contributed by atoms with van der Waals surface area (Å²) in [5, 5.41) is 3.00. The molecule has 0 aromatic heterocycles. The molecule has 0 aromatic carbocycles. The Morgan fingerprint density at radius 3 is 2.59 bits per heavy atom. The van der Waals surface area contributed by atoms with Crippen LogP contribution in [0.3, 0.4) is 0 Å². The van der Waals surface area contributed by atoms with Crippen molar-refractivity contribution < 1.29 is 9.53 Å². The summed E-state index contributed by atoms with van der Waals surface area (Å²) in [7, 11) is 1.68. The van der Waals surface area contributed by atoms with Gasteiger partial charge in [-0.3, -0.25) is 4.79 Å². The minimum absolute atomic E-state index is 0. The summed E-state index contributed by atoms with van der Waals surface area (Å²) in [5.74, 6) is 0.269. The van der Waals surface area contributed by atoms with Crippen LogP contribution in [0.25, 0.3) is 0 Å². The predicted octanol–water partition coefficient (Wildman–Crippen LogP) is 1.32. The molecule has 1 rings (SSSR count). The highest BCUT2D eigenvalue weighted by atomic mass is 35.5. The molecular formula is C12H25ClN2O2. The molecule has 102 valence electrons. The summed E-state index contributed by atoms with van der Waals surface area (Å²) in [4.78, 5) is 11.8. The SMILES string of the molecule is COCC(C)(C)CNC(=O)[C@H]1CC[C@@H](N)C1.Cl. The smallest absolute Gasteiger partial charge is 0.223 e. The molecule has 3 N–H and O–H groups in total. The number of halogens is 1. The van der Waals surface area contributed by atoms with Crippen LogP contribution in [-0.4, -0.2) is 32.2 Å². The van der Waals surface area contributed by atoms with Crippen molar-refractivity contribution >= 4 is 18.3 Å². The maximum Gasteiger partial charge on any atom is 0.223 e. The van der Waals surface area contributed by atoms with Crippen LogP contribution in [-0.2, 0) is 9.53 Å². The van der Waals surface area contributed by atoms with Crippen LogP contribution >= 0.6 is 12.4 Å². The molecule has 1 fully saturated rings. The van der Waals surface area contributed by atoms with Gasteiger partial charge in [-0.05, 0) is 19.3 Å². The van der Waals surface area contributed by atoms with E-state index >= 15 is 0 Å². The van der Waals surface area contributed by atoms with Gasteiger partial charge >= 0.3 is 0 Å². The lowest BCUT2D eigenvalue weighted by Crippen LogP contribution is -2.39. The number of amides is 1. The van der Waals surface area contributed by atoms with Gasteiger partial charge in [0.1, 0.15) is 0 Å². The number of methoxy groups -OCH3 is 1. The molecular weight excluding hydrogens is 240 g/mol. The van der Waals surface area contributed by atoms with E-state index in [1.807, 2.05) is 0 Å². The van der Waals surface area contributed by atoms with Gasteiger partial charge in [0.05, 0.1) is 6.61 Å². The van der Waals surface area contributed by atoms with Gasteiger partial charge in [0.2, 0.25) is 5.91 Å². The average molecular weight is 265 g/mol. The largest absolute Gasteiger partial charge is 0.384 e. The lowest BCUT2D eigenvalue weighted by Gasteiger charge is -2.24. The first-order chi connectivity index (χ1) is 7.44. The standard InChI is InChI=1S/C12H24N2O2.ClH/c1-12(2,8-16-3)7-14-11(15)9-4-5-10(13)6-9;/h9-10H,4-8,13H2,1-3H3,(H,14,15);1H/t9-,10+;/m0./s1. The van der Waals surface area contributed by atoms with E-state index in [1.54, 1.807) is 7.11 Å². The quantitative estimate of drug-likeness (QED) is 0.787. The Kier molecular flexibility index (Phi) is 7.05. The van der Waals surface area contributed by atoms with E-state index in [-0.39, 0.29) is 35.7 Å². The molecule has 4 nitrogen and oxygen atoms in total. The van der Waals surface area contributed by atoms with Crippen LogP contribution in [0.2, 0.25) is 0 Å². The van der Waals surface area contributed by atoms with E-state index in [2.05, 4.69) is 19.2 Å². The maximum absolute atomic E-state index is 11.8. The van der Waals surface area contributed by atoms with Gasteiger partial charge in [0.15, 0.2) is 0 Å². The van der Waals surface area contributed by atoms with Gasteiger partial charge in [0, 0.05) is 31.0 Å². The number of hydrogen-bond acceptors (Lipinski definition) is 3. The molecule has 0 heterocycles. The third-order valence-electron chi connectivity index (χ3n) is 3.12. The Balaban J connectivity index is 0.00000256. The van der Waals surface area contributed by atoms with Crippen molar-refractivity contribution in [1.82, 2.24) is 5.32 Å². The van der Waals surface area contributed by atoms with Gasteiger partial charge in [-0.2, -0.15) is 0 Å². The van der Waals surface area contributed by atoms with Gasteiger partial charge in [0.25, 0.3) is 0 Å². The first-order valence-corrected chi connectivity index (χ1v) is 5.97. The van der Waals surface area contributed by atoms with Crippen molar-refractivity contribution in [2.75, 3.05) is 20.3 Å². The highest BCUT2D eigenvalue weighted by Gasteiger charge is 2.28. The van der Waals surface area contributed by atoms with E-state index in [1.165, 1.54) is 0 Å². The zero-order valence-electron chi connectivity index (χ0n) is 11.0. The number of carbonyl (C=O) groups excluding carboxylic acids is 1. The van der Waals surface area contributed by atoms with Gasteiger partial charge in [-0.1, -0.05) is 13.8 Å². The van der Waals surface area contributed by atoms with E-state index in [4.69, 9.17) is 10.5 Å². The second-order valence-corrected chi connectivity index (χ2v) is 5.59. The Morgan fingerprint density at radius 1 is 1.47 bits per heavy atom. The molecule has 0 radical (unpaired) electrons. The lowest BCUT2D eigenvalue weighted by atomic mass is 9.94. The predicted molar refractivity (Wildman–Crippen MR) is 71.2 cm³/mol. The molecule has 0 aliphatic heterocycles. The van der Waals surface area contributed by atoms with Gasteiger partial charge in [-0.15, -0.1) is 12.4 Å². The van der Waals surface area contributed by atoms with Crippen molar-refractivity contribution in [3.8, 4) is 0 Å². The van der Waals surface area contributed by atoms with Crippen LogP contribution < -0.4 is 11.1 Å². The Hall–Kier alpha value is -0.320. The van der Waals surface area contributed by atoms with Gasteiger partial charge in [-0.25, -0.2) is 0 Å². The monoisotopic (exact) mass is 264 g/mol. The third-order valence-corrected chi connectivity index (χ3v) is 3.12. The molecule has 1 aliphatic rings. The summed E-state index contributed by atoms with van der Waals surface area (Å²) >= 11 is 0. The summed E-state index contributed by atoms with van der Waals surface area (Å²) in [6, 6.07) is 0.211. The Morgan fingerprint density at radius 2 is 2.12 bits per heavy atom. The van der Waals surface area contributed by atoms with Crippen LogP contribution in [0.5, 0.6) is 0 Å². The van der Waals surface area contributed by atoms with Crippen molar-refractivity contribution in [2.24, 2.45) is 17.1 Å². The summed E-state index contributed by atoms with van der Waals surface area (Å²) in [6.07, 6.45) is 2.73. The minimum Gasteiger partial charge on any atom is -0.384 e. The number of nitrogens with one attached hydrogen (secondary N) is 1. The van der Waals surface area contributed by atoms with Crippen molar-refractivity contribution in [3.05, 3.63) is 0 Å². The first kappa shape index (κ1) is 16.7. The van der Waals surface area contributed by atoms with Gasteiger partial charge < -0.3 is 15.8 Å². The number of hydrogen-bond donors (Lipinski definition) is 2. The Bertz CT molecular complexity index is 247. The average Bonchev–Trinajstić information content (AvgIpc) is 2.61. The van der Waals surface area contributed by atoms with Crippen molar-refractivity contribution in [3.63, 3.8) is 0 Å². The number of ether oxygens (including phenoxy) is 1. The molecule has 0 spiro atoms. The molecule has 1 aliphatic carbocycles. The summed E-state index contributed by atoms with van der Waals surface area (Å²) < 4.78 is 5.11. The number of carbonyl (C=O) groups is 1. The van der Waals surface area contributed by atoms with Crippen LogP contribution in [0.15, 0.2) is 0 Å². The maximum atomic E-state index is 11.8. The number of nitrogens with two attached hydrogens (primary N) is 1. The lowest BCUT2D eigenvalue weighted by molar-refractivity contribution is -0.125. The molecule has 0 bridgehead atoms. The van der Waals surface area contributed by atoms with E-state index in [9.17, 15) is 4.79 Å². The zero-order chi connectivity index (χ0) is 12.2. The summed E-state index contributed by atoms with van der Waals surface area (Å²) in [6.45, 7) is 5.47. The normalized spacial score (nSPS) is 24.2. The van der Waals surface area contributed by atoms with Crippen LogP contribution in [0, 0.1) is 11.3 Å². The minimum atomic E-state index is -0.00880. The third kappa shape index (κ3) is 5.70. The van der Waals surface area contributed by atoms with E-state index in [0.717, 1.165) is 19.3 Å². The van der Waals surface area contributed by atoms with Crippen molar-refractivity contribution in [1.29, 1.82) is 0 Å². The fourth-order valence-electron chi connectivity index (χ4n) is 2.17. The molecule has 1 saturated carbocycles. The molecule has 0 aromatic rings. The number of rotatable bonds is 5. The molecule has 5 heteroatoms. The summed E-state index contributed by atoms with van der Waals surface area (Å²) in [5.41, 5.74) is 5.78. The zero-order valence-corrected chi connectivity index (χ0v) is 11.8. The fourth-order valence-corrected chi connectivity index (χ4v) is 2.17. The Labute approximate surface area is 110 Å². The molecule has 2 atom stereocenters. The fraction of sp³-hybridized carbons (Fsp3) is 0.917. The highest BCUT2D eigenvalue weighted by molar-refractivity contribution is 5.85. The molecule has 0 unspecified atom stereocenters. The second-order valence-electron chi connectivity index (χ2n) is 5.59. The first-order valence-electron chi connectivity index (χ1n) is 5.97. The van der Waals surface area contributed by atoms with Crippen LogP contribution in [0.4, 0.5) is 0 Å². The van der Waals surface area contributed by atoms with Crippen molar-refractivity contribution in [2.45, 2.75) is 39.2 Å². The highest BCUT2D eigenvalue weighted by Crippen LogP contribution is 2.24. The van der Waals surface area contributed by atoms with Crippen LogP contribution in [0.1, 0.15) is 33.1 Å².